The van der Waals surface area contributed by atoms with Crippen molar-refractivity contribution in [1.29, 1.82) is 0 Å². The van der Waals surface area contributed by atoms with Crippen LogP contribution in [0, 0.1) is 0 Å². The molecule has 0 aliphatic carbocycles. The third-order valence-electron chi connectivity index (χ3n) is 2.48. The quantitative estimate of drug-likeness (QED) is 0.659. The fourth-order valence-corrected chi connectivity index (χ4v) is 1.76. The van der Waals surface area contributed by atoms with Gasteiger partial charge in [-0.1, -0.05) is 0 Å². The van der Waals surface area contributed by atoms with E-state index >= 15 is 0 Å². The van der Waals surface area contributed by atoms with Gasteiger partial charge in [-0.05, 0) is 13.8 Å². The van der Waals surface area contributed by atoms with E-state index in [1.54, 1.807) is 0 Å². The molecule has 1 heterocycles. The molecular weight excluding hydrogens is 178 g/mol. The van der Waals surface area contributed by atoms with E-state index < -0.39 is 0 Å². The Morgan fingerprint density at radius 2 is 2.43 bits per heavy atom. The summed E-state index contributed by atoms with van der Waals surface area (Å²) in [5.41, 5.74) is 0. The van der Waals surface area contributed by atoms with Crippen LogP contribution in [0.2, 0.25) is 0 Å². The van der Waals surface area contributed by atoms with Gasteiger partial charge in [0.15, 0.2) is 0 Å². The molecule has 0 aromatic carbocycles. The van der Waals surface area contributed by atoms with E-state index in [1.807, 2.05) is 6.92 Å². The SMILES string of the molecule is CCNC(=O)CCN1CCN[C@H](C)C1. The molecule has 0 aromatic heterocycles. The van der Waals surface area contributed by atoms with Crippen molar-refractivity contribution in [1.82, 2.24) is 15.5 Å². The van der Waals surface area contributed by atoms with Crippen molar-refractivity contribution in [2.45, 2.75) is 26.3 Å². The molecule has 0 spiro atoms. The lowest BCUT2D eigenvalue weighted by atomic mass is 10.2. The van der Waals surface area contributed by atoms with Gasteiger partial charge in [0.25, 0.3) is 0 Å². The first-order valence-corrected chi connectivity index (χ1v) is 5.44. The van der Waals surface area contributed by atoms with E-state index in [2.05, 4.69) is 22.5 Å². The first-order chi connectivity index (χ1) is 6.72. The average Bonchev–Trinajstić information content (AvgIpc) is 2.15. The average molecular weight is 199 g/mol. The monoisotopic (exact) mass is 199 g/mol. The van der Waals surface area contributed by atoms with Crippen LogP contribution in [0.3, 0.4) is 0 Å². The third-order valence-corrected chi connectivity index (χ3v) is 2.48. The molecule has 1 aliphatic heterocycles. The van der Waals surface area contributed by atoms with Crippen LogP contribution in [0.4, 0.5) is 0 Å². The minimum atomic E-state index is 0.165. The molecule has 1 aliphatic rings. The molecule has 0 unspecified atom stereocenters. The van der Waals surface area contributed by atoms with E-state index in [1.165, 1.54) is 0 Å². The highest BCUT2D eigenvalue weighted by Gasteiger charge is 2.15. The van der Waals surface area contributed by atoms with Gasteiger partial charge in [0.05, 0.1) is 0 Å². The molecule has 0 aromatic rings. The highest BCUT2D eigenvalue weighted by Crippen LogP contribution is 1.99. The zero-order chi connectivity index (χ0) is 10.4. The molecular formula is C10H21N3O. The van der Waals surface area contributed by atoms with Crippen LogP contribution in [-0.2, 0) is 4.79 Å². The normalized spacial score (nSPS) is 23.4. The van der Waals surface area contributed by atoms with Crippen LogP contribution < -0.4 is 10.6 Å². The molecule has 1 amide bonds. The molecule has 0 bridgehead atoms. The summed E-state index contributed by atoms with van der Waals surface area (Å²) in [6.07, 6.45) is 0.626. The van der Waals surface area contributed by atoms with Crippen LogP contribution >= 0.6 is 0 Å². The third kappa shape index (κ3) is 4.07. The Morgan fingerprint density at radius 3 is 3.07 bits per heavy atom. The number of carbonyl (C=O) groups excluding carboxylic acids is 1. The van der Waals surface area contributed by atoms with Crippen molar-refractivity contribution in [3.63, 3.8) is 0 Å². The second kappa shape index (κ2) is 5.98. The van der Waals surface area contributed by atoms with Gasteiger partial charge in [0.1, 0.15) is 0 Å². The second-order valence-electron chi connectivity index (χ2n) is 3.86. The van der Waals surface area contributed by atoms with Crippen molar-refractivity contribution < 1.29 is 4.79 Å². The van der Waals surface area contributed by atoms with Crippen molar-refractivity contribution >= 4 is 5.91 Å². The largest absolute Gasteiger partial charge is 0.356 e. The molecule has 1 atom stereocenters. The molecule has 82 valence electrons. The molecule has 4 nitrogen and oxygen atoms in total. The van der Waals surface area contributed by atoms with Gasteiger partial charge in [0.2, 0.25) is 5.91 Å². The summed E-state index contributed by atoms with van der Waals surface area (Å²) in [4.78, 5) is 13.6. The molecule has 1 fully saturated rings. The summed E-state index contributed by atoms with van der Waals surface area (Å²) >= 11 is 0. The molecule has 1 rings (SSSR count). The molecule has 1 saturated heterocycles. The van der Waals surface area contributed by atoms with Gasteiger partial charge in [-0.2, -0.15) is 0 Å². The Morgan fingerprint density at radius 1 is 1.64 bits per heavy atom. The zero-order valence-corrected chi connectivity index (χ0v) is 9.18. The maximum absolute atomic E-state index is 11.2. The van der Waals surface area contributed by atoms with E-state index in [-0.39, 0.29) is 5.91 Å². The Kier molecular flexibility index (Phi) is 4.90. The number of nitrogens with one attached hydrogen (secondary N) is 2. The number of amides is 1. The number of rotatable bonds is 4. The zero-order valence-electron chi connectivity index (χ0n) is 9.18. The number of carbonyl (C=O) groups is 1. The number of piperazine rings is 1. The summed E-state index contributed by atoms with van der Waals surface area (Å²) in [6.45, 7) is 8.90. The Labute approximate surface area is 86.0 Å². The highest BCUT2D eigenvalue weighted by atomic mass is 16.1. The minimum absolute atomic E-state index is 0.165. The maximum atomic E-state index is 11.2. The summed E-state index contributed by atoms with van der Waals surface area (Å²) < 4.78 is 0. The van der Waals surface area contributed by atoms with Crippen LogP contribution in [0.15, 0.2) is 0 Å². The smallest absolute Gasteiger partial charge is 0.221 e. The van der Waals surface area contributed by atoms with E-state index in [9.17, 15) is 4.79 Å². The summed E-state index contributed by atoms with van der Waals surface area (Å²) in [5, 5.41) is 6.20. The van der Waals surface area contributed by atoms with E-state index in [0.29, 0.717) is 12.5 Å². The summed E-state index contributed by atoms with van der Waals surface area (Å²) in [7, 11) is 0. The van der Waals surface area contributed by atoms with Crippen LogP contribution in [0.25, 0.3) is 0 Å². The van der Waals surface area contributed by atoms with Crippen molar-refractivity contribution in [2.24, 2.45) is 0 Å². The second-order valence-corrected chi connectivity index (χ2v) is 3.86. The summed E-state index contributed by atoms with van der Waals surface area (Å²) in [6, 6.07) is 0.554. The maximum Gasteiger partial charge on any atom is 0.221 e. The number of hydrogen-bond donors (Lipinski definition) is 2. The lowest BCUT2D eigenvalue weighted by molar-refractivity contribution is -0.121. The minimum Gasteiger partial charge on any atom is -0.356 e. The first-order valence-electron chi connectivity index (χ1n) is 5.44. The topological polar surface area (TPSA) is 44.4 Å². The van der Waals surface area contributed by atoms with Gasteiger partial charge in [-0.15, -0.1) is 0 Å². The van der Waals surface area contributed by atoms with Crippen molar-refractivity contribution in [3.05, 3.63) is 0 Å². The number of nitrogens with zero attached hydrogens (tertiary/aromatic N) is 1. The predicted octanol–water partition coefficient (Wildman–Crippen LogP) is -0.194. The van der Waals surface area contributed by atoms with Gasteiger partial charge >= 0.3 is 0 Å². The van der Waals surface area contributed by atoms with Crippen molar-refractivity contribution in [2.75, 3.05) is 32.7 Å². The molecule has 14 heavy (non-hydrogen) atoms. The molecule has 0 radical (unpaired) electrons. The fraction of sp³-hybridized carbons (Fsp3) is 0.900. The van der Waals surface area contributed by atoms with Crippen LogP contribution in [-0.4, -0.2) is 49.6 Å². The summed E-state index contributed by atoms with van der Waals surface area (Å²) in [5.74, 6) is 0.165. The van der Waals surface area contributed by atoms with Gasteiger partial charge in [0, 0.05) is 45.2 Å². The van der Waals surface area contributed by atoms with E-state index in [4.69, 9.17) is 0 Å². The lowest BCUT2D eigenvalue weighted by Gasteiger charge is -2.31. The predicted molar refractivity (Wildman–Crippen MR) is 57.2 cm³/mol. The first kappa shape index (κ1) is 11.5. The highest BCUT2D eigenvalue weighted by molar-refractivity contribution is 5.75. The Hall–Kier alpha value is -0.610. The van der Waals surface area contributed by atoms with E-state index in [0.717, 1.165) is 32.7 Å². The Bertz CT molecular complexity index is 184. The molecule has 4 heteroatoms. The van der Waals surface area contributed by atoms with Gasteiger partial charge < -0.3 is 15.5 Å². The molecule has 0 saturated carbocycles. The van der Waals surface area contributed by atoms with Gasteiger partial charge in [-0.3, -0.25) is 4.79 Å². The Balaban J connectivity index is 2.14. The van der Waals surface area contributed by atoms with Gasteiger partial charge in [-0.25, -0.2) is 0 Å². The van der Waals surface area contributed by atoms with Crippen LogP contribution in [0.1, 0.15) is 20.3 Å². The standard InChI is InChI=1S/C10H21N3O/c1-3-11-10(14)4-6-13-7-5-12-9(2)8-13/h9,12H,3-8H2,1-2H3,(H,11,14)/t9-/m1/s1. The lowest BCUT2D eigenvalue weighted by Crippen LogP contribution is -2.49. The molecule has 2 N–H and O–H groups in total. The number of hydrogen-bond acceptors (Lipinski definition) is 3. The fourth-order valence-electron chi connectivity index (χ4n) is 1.76. The van der Waals surface area contributed by atoms with Crippen molar-refractivity contribution in [3.8, 4) is 0 Å². The van der Waals surface area contributed by atoms with Crippen LogP contribution in [0.5, 0.6) is 0 Å².